The summed E-state index contributed by atoms with van der Waals surface area (Å²) in [6, 6.07) is 9.63. The van der Waals surface area contributed by atoms with Crippen LogP contribution in [-0.4, -0.2) is 12.6 Å². The molecule has 0 aromatic heterocycles. The number of carbonyl (C=O) groups is 1. The average molecular weight is 249 g/mol. The van der Waals surface area contributed by atoms with E-state index in [4.69, 9.17) is 4.74 Å². The summed E-state index contributed by atoms with van der Waals surface area (Å²) in [7, 11) is 0. The van der Waals surface area contributed by atoms with Crippen molar-refractivity contribution in [2.45, 2.75) is 6.92 Å². The minimum absolute atomic E-state index is 0. The van der Waals surface area contributed by atoms with Crippen molar-refractivity contribution in [2.75, 3.05) is 6.61 Å². The van der Waals surface area contributed by atoms with Crippen molar-refractivity contribution in [1.82, 2.24) is 0 Å². The molecule has 0 aliphatic heterocycles. The number of ether oxygens (including phenoxy) is 1. The maximum absolute atomic E-state index is 10.9. The Morgan fingerprint density at radius 3 is 2.40 bits per heavy atom. The molecule has 0 saturated heterocycles. The highest BCUT2D eigenvalue weighted by Gasteiger charge is 1.92. The molecule has 0 bridgehead atoms. The summed E-state index contributed by atoms with van der Waals surface area (Å²) in [5.41, 5.74) is 0.996. The highest BCUT2D eigenvalue weighted by Crippen LogP contribution is 2.00. The zero-order valence-electron chi connectivity index (χ0n) is 8.38. The second kappa shape index (κ2) is 9.56. The highest BCUT2D eigenvalue weighted by molar-refractivity contribution is 5.87. The lowest BCUT2D eigenvalue weighted by atomic mass is 10.2. The van der Waals surface area contributed by atoms with Crippen LogP contribution in [0.1, 0.15) is 12.5 Å². The zero-order chi connectivity index (χ0) is 9.52. The Kier molecular flexibility index (Phi) is 10.5. The Morgan fingerprint density at radius 1 is 1.27 bits per heavy atom. The van der Waals surface area contributed by atoms with Crippen molar-refractivity contribution in [2.24, 2.45) is 0 Å². The first-order chi connectivity index (χ1) is 6.33. The summed E-state index contributed by atoms with van der Waals surface area (Å²) >= 11 is 0. The van der Waals surface area contributed by atoms with Crippen LogP contribution < -0.4 is 0 Å². The summed E-state index contributed by atoms with van der Waals surface area (Å²) in [5, 5.41) is 0. The molecule has 0 aliphatic rings. The lowest BCUT2D eigenvalue weighted by Crippen LogP contribution is -1.98. The van der Waals surface area contributed by atoms with Gasteiger partial charge in [0, 0.05) is 6.08 Å². The minimum atomic E-state index is -0.300. The zero-order valence-corrected chi connectivity index (χ0v) is 10.0. The molecule has 84 valence electrons. The van der Waals surface area contributed by atoms with Gasteiger partial charge in [0.25, 0.3) is 0 Å². The molecular weight excluding hydrogens is 235 g/mol. The van der Waals surface area contributed by atoms with Gasteiger partial charge < -0.3 is 4.74 Å². The molecule has 0 aliphatic carbocycles. The Labute approximate surface area is 102 Å². The van der Waals surface area contributed by atoms with E-state index in [2.05, 4.69) is 0 Å². The Morgan fingerprint density at radius 2 is 1.87 bits per heavy atom. The van der Waals surface area contributed by atoms with E-state index in [0.717, 1.165) is 5.56 Å². The number of benzene rings is 1. The maximum atomic E-state index is 10.9. The molecule has 0 saturated carbocycles. The summed E-state index contributed by atoms with van der Waals surface area (Å²) in [4.78, 5) is 10.9. The molecule has 2 nitrogen and oxygen atoms in total. The van der Waals surface area contributed by atoms with E-state index in [1.165, 1.54) is 6.08 Å². The first kappa shape index (κ1) is 16.4. The molecular formula is C11H14Cl2O2. The quantitative estimate of drug-likeness (QED) is 0.607. The molecule has 0 atom stereocenters. The van der Waals surface area contributed by atoms with Crippen molar-refractivity contribution in [3.63, 3.8) is 0 Å². The number of hydrogen-bond acceptors (Lipinski definition) is 2. The fourth-order valence-corrected chi connectivity index (χ4v) is 0.919. The first-order valence-electron chi connectivity index (χ1n) is 4.23. The van der Waals surface area contributed by atoms with Crippen molar-refractivity contribution < 1.29 is 9.53 Å². The lowest BCUT2D eigenvalue weighted by Gasteiger charge is -1.94. The van der Waals surface area contributed by atoms with Gasteiger partial charge in [0.2, 0.25) is 0 Å². The molecule has 1 aromatic carbocycles. The lowest BCUT2D eigenvalue weighted by molar-refractivity contribution is -0.137. The van der Waals surface area contributed by atoms with Gasteiger partial charge in [-0.15, -0.1) is 24.8 Å². The molecule has 1 rings (SSSR count). The molecule has 0 unspecified atom stereocenters. The van der Waals surface area contributed by atoms with E-state index < -0.39 is 0 Å². The van der Waals surface area contributed by atoms with Crippen LogP contribution in [0.4, 0.5) is 0 Å². The third-order valence-corrected chi connectivity index (χ3v) is 1.50. The van der Waals surface area contributed by atoms with Gasteiger partial charge in [-0.2, -0.15) is 0 Å². The number of esters is 1. The maximum Gasteiger partial charge on any atom is 0.330 e. The molecule has 0 N–H and O–H groups in total. The number of rotatable bonds is 3. The highest BCUT2D eigenvalue weighted by atomic mass is 35.5. The van der Waals surface area contributed by atoms with Gasteiger partial charge in [-0.3, -0.25) is 0 Å². The van der Waals surface area contributed by atoms with E-state index in [-0.39, 0.29) is 30.8 Å². The monoisotopic (exact) mass is 248 g/mol. The van der Waals surface area contributed by atoms with Crippen molar-refractivity contribution in [3.8, 4) is 0 Å². The largest absolute Gasteiger partial charge is 0.463 e. The molecule has 0 spiro atoms. The normalized spacial score (nSPS) is 8.87. The predicted octanol–water partition coefficient (Wildman–Crippen LogP) is 3.11. The van der Waals surface area contributed by atoms with Gasteiger partial charge in [0.1, 0.15) is 0 Å². The van der Waals surface area contributed by atoms with E-state index >= 15 is 0 Å². The van der Waals surface area contributed by atoms with Crippen LogP contribution in [0.3, 0.4) is 0 Å². The summed E-state index contributed by atoms with van der Waals surface area (Å²) < 4.78 is 4.74. The van der Waals surface area contributed by atoms with Crippen molar-refractivity contribution in [3.05, 3.63) is 42.0 Å². The van der Waals surface area contributed by atoms with Gasteiger partial charge in [0.05, 0.1) is 6.61 Å². The van der Waals surface area contributed by atoms with Crippen LogP contribution in [-0.2, 0) is 9.53 Å². The number of halogens is 2. The van der Waals surface area contributed by atoms with Gasteiger partial charge in [-0.05, 0) is 18.6 Å². The van der Waals surface area contributed by atoms with Gasteiger partial charge in [0.15, 0.2) is 0 Å². The molecule has 0 fully saturated rings. The van der Waals surface area contributed by atoms with Crippen LogP contribution in [0.5, 0.6) is 0 Å². The molecule has 0 heterocycles. The topological polar surface area (TPSA) is 26.3 Å². The van der Waals surface area contributed by atoms with Crippen molar-refractivity contribution in [1.29, 1.82) is 0 Å². The predicted molar refractivity (Wildman–Crippen MR) is 66.6 cm³/mol. The van der Waals surface area contributed by atoms with Gasteiger partial charge >= 0.3 is 5.97 Å². The molecule has 0 amide bonds. The van der Waals surface area contributed by atoms with Gasteiger partial charge in [-0.25, -0.2) is 4.79 Å². The Balaban J connectivity index is 0. The Hall–Kier alpha value is -0.990. The summed E-state index contributed by atoms with van der Waals surface area (Å²) in [5.74, 6) is -0.300. The second-order valence-electron chi connectivity index (χ2n) is 2.50. The third-order valence-electron chi connectivity index (χ3n) is 1.50. The minimum Gasteiger partial charge on any atom is -0.463 e. The smallest absolute Gasteiger partial charge is 0.330 e. The average Bonchev–Trinajstić information content (AvgIpc) is 2.17. The standard InChI is InChI=1S/C11H12O2.2ClH/c1-2-13-11(12)9-8-10-6-4-3-5-7-10;;/h3-9H,2H2,1H3;2*1H. The molecule has 4 heteroatoms. The van der Waals surface area contributed by atoms with Crippen molar-refractivity contribution >= 4 is 36.9 Å². The molecule has 15 heavy (non-hydrogen) atoms. The SMILES string of the molecule is CCOC(=O)C=Cc1ccccc1.Cl.Cl. The first-order valence-corrected chi connectivity index (χ1v) is 4.23. The van der Waals surface area contributed by atoms with E-state index in [0.29, 0.717) is 6.61 Å². The van der Waals surface area contributed by atoms with E-state index in [1.54, 1.807) is 13.0 Å². The molecule has 0 radical (unpaired) electrons. The third kappa shape index (κ3) is 7.00. The van der Waals surface area contributed by atoms with E-state index in [1.807, 2.05) is 30.3 Å². The van der Waals surface area contributed by atoms with Crippen LogP contribution in [0.15, 0.2) is 36.4 Å². The summed E-state index contributed by atoms with van der Waals surface area (Å²) in [6.45, 7) is 2.20. The van der Waals surface area contributed by atoms with E-state index in [9.17, 15) is 4.79 Å². The number of carbonyl (C=O) groups excluding carboxylic acids is 1. The number of hydrogen-bond donors (Lipinski definition) is 0. The fourth-order valence-electron chi connectivity index (χ4n) is 0.919. The second-order valence-corrected chi connectivity index (χ2v) is 2.50. The van der Waals surface area contributed by atoms with Crippen LogP contribution in [0.2, 0.25) is 0 Å². The summed E-state index contributed by atoms with van der Waals surface area (Å²) in [6.07, 6.45) is 3.16. The fraction of sp³-hybridized carbons (Fsp3) is 0.182. The van der Waals surface area contributed by atoms with Crippen LogP contribution >= 0.6 is 24.8 Å². The van der Waals surface area contributed by atoms with Crippen LogP contribution in [0, 0.1) is 0 Å². The Bertz CT molecular complexity index is 297. The van der Waals surface area contributed by atoms with Crippen LogP contribution in [0.25, 0.3) is 6.08 Å². The van der Waals surface area contributed by atoms with Gasteiger partial charge in [-0.1, -0.05) is 30.3 Å². The molecule has 1 aromatic rings.